The predicted octanol–water partition coefficient (Wildman–Crippen LogP) is 1.98. The number of aromatic nitrogens is 1. The van der Waals surface area contributed by atoms with E-state index < -0.39 is 0 Å². The summed E-state index contributed by atoms with van der Waals surface area (Å²) in [5.74, 6) is 0.665. The highest BCUT2D eigenvalue weighted by atomic mass is 16.3. The molecule has 0 saturated carbocycles. The standard InChI is InChI=1S/C14H22N2O/c1-12-4-2-7-15-14(12)11-16-8-3-5-13(10-16)6-9-17/h2,4,7,13,17H,3,5-6,8-11H2,1H3. The molecule has 0 aliphatic carbocycles. The monoisotopic (exact) mass is 234 g/mol. The molecule has 1 aliphatic heterocycles. The first kappa shape index (κ1) is 12.5. The third kappa shape index (κ3) is 3.51. The number of hydrogen-bond acceptors (Lipinski definition) is 3. The molecule has 0 spiro atoms. The Morgan fingerprint density at radius 2 is 2.41 bits per heavy atom. The lowest BCUT2D eigenvalue weighted by atomic mass is 9.95. The van der Waals surface area contributed by atoms with Crippen molar-refractivity contribution in [1.29, 1.82) is 0 Å². The average Bonchev–Trinajstić information content (AvgIpc) is 2.33. The summed E-state index contributed by atoms with van der Waals surface area (Å²) in [7, 11) is 0. The fourth-order valence-electron chi connectivity index (χ4n) is 2.61. The molecular weight excluding hydrogens is 212 g/mol. The summed E-state index contributed by atoms with van der Waals surface area (Å²) in [6.45, 7) is 5.67. The number of hydrogen-bond donors (Lipinski definition) is 1. The van der Waals surface area contributed by atoms with Gasteiger partial charge in [0.15, 0.2) is 0 Å². The molecule has 1 atom stereocenters. The Balaban J connectivity index is 1.92. The van der Waals surface area contributed by atoms with Gasteiger partial charge >= 0.3 is 0 Å². The van der Waals surface area contributed by atoms with Crippen molar-refractivity contribution < 1.29 is 5.11 Å². The van der Waals surface area contributed by atoms with Gasteiger partial charge in [-0.3, -0.25) is 9.88 Å². The summed E-state index contributed by atoms with van der Waals surface area (Å²) in [6.07, 6.45) is 5.32. The minimum Gasteiger partial charge on any atom is -0.396 e. The molecule has 3 nitrogen and oxygen atoms in total. The van der Waals surface area contributed by atoms with E-state index in [9.17, 15) is 0 Å². The maximum atomic E-state index is 9.01. The first-order valence-corrected chi connectivity index (χ1v) is 6.53. The molecule has 0 aromatic carbocycles. The topological polar surface area (TPSA) is 36.4 Å². The molecule has 17 heavy (non-hydrogen) atoms. The van der Waals surface area contributed by atoms with Crippen LogP contribution in [0.5, 0.6) is 0 Å². The van der Waals surface area contributed by atoms with Crippen molar-refractivity contribution in [3.05, 3.63) is 29.6 Å². The van der Waals surface area contributed by atoms with E-state index in [0.29, 0.717) is 12.5 Å². The number of rotatable bonds is 4. The molecule has 0 bridgehead atoms. The minimum absolute atomic E-state index is 0.321. The molecule has 1 aromatic heterocycles. The van der Waals surface area contributed by atoms with Crippen LogP contribution in [0, 0.1) is 12.8 Å². The van der Waals surface area contributed by atoms with Crippen LogP contribution in [0.2, 0.25) is 0 Å². The fourth-order valence-corrected chi connectivity index (χ4v) is 2.61. The Labute approximate surface area is 103 Å². The van der Waals surface area contributed by atoms with Crippen LogP contribution in [0.4, 0.5) is 0 Å². The first-order valence-electron chi connectivity index (χ1n) is 6.53. The summed E-state index contributed by atoms with van der Waals surface area (Å²) in [4.78, 5) is 6.92. The van der Waals surface area contributed by atoms with Gasteiger partial charge in [-0.1, -0.05) is 6.07 Å². The van der Waals surface area contributed by atoms with Crippen LogP contribution < -0.4 is 0 Å². The van der Waals surface area contributed by atoms with Gasteiger partial charge < -0.3 is 5.11 Å². The zero-order chi connectivity index (χ0) is 12.1. The maximum Gasteiger partial charge on any atom is 0.0573 e. The van der Waals surface area contributed by atoms with Crippen LogP contribution in [-0.4, -0.2) is 34.7 Å². The van der Waals surface area contributed by atoms with Gasteiger partial charge in [0.05, 0.1) is 5.69 Å². The van der Waals surface area contributed by atoms with Crippen molar-refractivity contribution >= 4 is 0 Å². The highest BCUT2D eigenvalue weighted by Gasteiger charge is 2.20. The summed E-state index contributed by atoms with van der Waals surface area (Å²) >= 11 is 0. The van der Waals surface area contributed by atoms with Crippen LogP contribution in [0.25, 0.3) is 0 Å². The van der Waals surface area contributed by atoms with E-state index >= 15 is 0 Å². The number of aryl methyl sites for hydroxylation is 1. The third-order valence-corrected chi connectivity index (χ3v) is 3.63. The summed E-state index contributed by atoms with van der Waals surface area (Å²) < 4.78 is 0. The molecule has 0 amide bonds. The molecule has 3 heteroatoms. The zero-order valence-corrected chi connectivity index (χ0v) is 10.6. The SMILES string of the molecule is Cc1cccnc1CN1CCCC(CCO)C1. The normalized spacial score (nSPS) is 21.6. The molecule has 1 N–H and O–H groups in total. The number of piperidine rings is 1. The van der Waals surface area contributed by atoms with Gasteiger partial charge in [-0.25, -0.2) is 0 Å². The molecule has 1 fully saturated rings. The van der Waals surface area contributed by atoms with Gasteiger partial charge in [-0.2, -0.15) is 0 Å². The number of pyridine rings is 1. The van der Waals surface area contributed by atoms with Gasteiger partial charge in [0, 0.05) is 25.9 Å². The van der Waals surface area contributed by atoms with E-state index in [2.05, 4.69) is 22.9 Å². The lowest BCUT2D eigenvalue weighted by Crippen LogP contribution is -2.35. The Hall–Kier alpha value is -0.930. The third-order valence-electron chi connectivity index (χ3n) is 3.63. The van der Waals surface area contributed by atoms with E-state index in [1.165, 1.54) is 24.1 Å². The van der Waals surface area contributed by atoms with Crippen molar-refractivity contribution in [2.45, 2.75) is 32.7 Å². The smallest absolute Gasteiger partial charge is 0.0573 e. The van der Waals surface area contributed by atoms with E-state index in [0.717, 1.165) is 26.1 Å². The van der Waals surface area contributed by atoms with Crippen LogP contribution in [0.3, 0.4) is 0 Å². The number of aliphatic hydroxyl groups excluding tert-OH is 1. The van der Waals surface area contributed by atoms with Crippen molar-refractivity contribution in [2.24, 2.45) is 5.92 Å². The zero-order valence-electron chi connectivity index (χ0n) is 10.6. The average molecular weight is 234 g/mol. The van der Waals surface area contributed by atoms with Crippen LogP contribution in [0.15, 0.2) is 18.3 Å². The highest BCUT2D eigenvalue weighted by Crippen LogP contribution is 2.21. The second kappa shape index (κ2) is 6.12. The molecule has 2 rings (SSSR count). The van der Waals surface area contributed by atoms with Gasteiger partial charge in [-0.05, 0) is 50.3 Å². The van der Waals surface area contributed by atoms with E-state index in [-0.39, 0.29) is 0 Å². The second-order valence-electron chi connectivity index (χ2n) is 5.02. The summed E-state index contributed by atoms with van der Waals surface area (Å²) in [6, 6.07) is 4.11. The molecule has 0 radical (unpaired) electrons. The summed E-state index contributed by atoms with van der Waals surface area (Å²) in [5, 5.41) is 9.01. The first-order chi connectivity index (χ1) is 8.29. The second-order valence-corrected chi connectivity index (χ2v) is 5.02. The molecule has 1 aromatic rings. The fraction of sp³-hybridized carbons (Fsp3) is 0.643. The molecule has 1 unspecified atom stereocenters. The molecule has 1 saturated heterocycles. The quantitative estimate of drug-likeness (QED) is 0.865. The van der Waals surface area contributed by atoms with Gasteiger partial charge in [0.25, 0.3) is 0 Å². The maximum absolute atomic E-state index is 9.01. The minimum atomic E-state index is 0.321. The number of likely N-dealkylation sites (tertiary alicyclic amines) is 1. The largest absolute Gasteiger partial charge is 0.396 e. The van der Waals surface area contributed by atoms with E-state index in [1.54, 1.807) is 0 Å². The van der Waals surface area contributed by atoms with Crippen LogP contribution in [0.1, 0.15) is 30.5 Å². The molecular formula is C14H22N2O. The number of aliphatic hydroxyl groups is 1. The number of nitrogens with zero attached hydrogens (tertiary/aromatic N) is 2. The lowest BCUT2D eigenvalue weighted by molar-refractivity contribution is 0.141. The van der Waals surface area contributed by atoms with Gasteiger partial charge in [0.1, 0.15) is 0 Å². The Bertz CT molecular complexity index is 352. The molecule has 94 valence electrons. The van der Waals surface area contributed by atoms with E-state index in [1.807, 2.05) is 12.3 Å². The highest BCUT2D eigenvalue weighted by molar-refractivity contribution is 5.17. The Kier molecular flexibility index (Phi) is 4.51. The van der Waals surface area contributed by atoms with Crippen molar-refractivity contribution in [3.8, 4) is 0 Å². The van der Waals surface area contributed by atoms with Crippen molar-refractivity contribution in [3.63, 3.8) is 0 Å². The van der Waals surface area contributed by atoms with Crippen LogP contribution >= 0.6 is 0 Å². The van der Waals surface area contributed by atoms with Crippen molar-refractivity contribution in [1.82, 2.24) is 9.88 Å². The Morgan fingerprint density at radius 3 is 3.18 bits per heavy atom. The predicted molar refractivity (Wildman–Crippen MR) is 68.7 cm³/mol. The van der Waals surface area contributed by atoms with Gasteiger partial charge in [-0.15, -0.1) is 0 Å². The molecule has 1 aliphatic rings. The van der Waals surface area contributed by atoms with E-state index in [4.69, 9.17) is 5.11 Å². The lowest BCUT2D eigenvalue weighted by Gasteiger charge is -2.32. The summed E-state index contributed by atoms with van der Waals surface area (Å²) in [5.41, 5.74) is 2.47. The van der Waals surface area contributed by atoms with Gasteiger partial charge in [0.2, 0.25) is 0 Å². The van der Waals surface area contributed by atoms with Crippen LogP contribution in [-0.2, 0) is 6.54 Å². The Morgan fingerprint density at radius 1 is 1.53 bits per heavy atom. The van der Waals surface area contributed by atoms with Crippen molar-refractivity contribution in [2.75, 3.05) is 19.7 Å². The molecule has 2 heterocycles.